The zero-order valence-corrected chi connectivity index (χ0v) is 18.5. The molecule has 0 bridgehead atoms. The van der Waals surface area contributed by atoms with Gasteiger partial charge in [-0.1, -0.05) is 42.5 Å². The summed E-state index contributed by atoms with van der Waals surface area (Å²) in [5, 5.41) is 22.6. The highest BCUT2D eigenvalue weighted by molar-refractivity contribution is 7.13. The molecule has 4 rings (SSSR count). The molecule has 170 valence electrons. The van der Waals surface area contributed by atoms with E-state index in [1.807, 2.05) is 30.3 Å². The minimum Gasteiger partial charge on any atom is -0.477 e. The normalized spacial score (nSPS) is 16.6. The Morgan fingerprint density at radius 1 is 1.12 bits per heavy atom. The zero-order valence-electron chi connectivity index (χ0n) is 17.7. The molecule has 0 radical (unpaired) electrons. The molecule has 33 heavy (non-hydrogen) atoms. The first-order chi connectivity index (χ1) is 15.9. The lowest BCUT2D eigenvalue weighted by molar-refractivity contribution is -0.120. The number of nitrogens with one attached hydrogen (secondary N) is 1. The van der Waals surface area contributed by atoms with E-state index in [0.717, 1.165) is 22.5 Å². The number of nitrogens with zero attached hydrogens (tertiary/aromatic N) is 2. The van der Waals surface area contributed by atoms with Gasteiger partial charge in [0.25, 0.3) is 5.91 Å². The van der Waals surface area contributed by atoms with Gasteiger partial charge in [0.05, 0.1) is 17.3 Å². The summed E-state index contributed by atoms with van der Waals surface area (Å²) in [5.74, 6) is -1.37. The van der Waals surface area contributed by atoms with Crippen LogP contribution in [0, 0.1) is 0 Å². The predicted octanol–water partition coefficient (Wildman–Crippen LogP) is 3.57. The maximum absolute atomic E-state index is 12.4. The maximum Gasteiger partial charge on any atom is 0.347 e. The number of aliphatic hydroxyl groups is 1. The molecule has 0 saturated carbocycles. The number of aromatic nitrogens is 1. The first kappa shape index (κ1) is 22.6. The molecule has 2 heterocycles. The van der Waals surface area contributed by atoms with Crippen LogP contribution in [0.3, 0.4) is 0 Å². The Morgan fingerprint density at radius 2 is 1.85 bits per heavy atom. The molecule has 8 nitrogen and oxygen atoms in total. The van der Waals surface area contributed by atoms with Crippen LogP contribution in [0.5, 0.6) is 0 Å². The highest BCUT2D eigenvalue weighted by Crippen LogP contribution is 2.27. The fourth-order valence-corrected chi connectivity index (χ4v) is 4.65. The monoisotopic (exact) mass is 465 g/mol. The van der Waals surface area contributed by atoms with Crippen molar-refractivity contribution in [3.05, 3.63) is 81.8 Å². The van der Waals surface area contributed by atoms with Crippen molar-refractivity contribution in [2.24, 2.45) is 0 Å². The van der Waals surface area contributed by atoms with Crippen LogP contribution in [0.25, 0.3) is 0 Å². The Hall–Kier alpha value is -3.56. The number of benzene rings is 2. The van der Waals surface area contributed by atoms with Gasteiger partial charge in [-0.25, -0.2) is 14.6 Å². The van der Waals surface area contributed by atoms with Crippen LogP contribution in [-0.4, -0.2) is 39.1 Å². The van der Waals surface area contributed by atoms with Crippen LogP contribution in [0.15, 0.2) is 60.8 Å². The summed E-state index contributed by atoms with van der Waals surface area (Å²) in [6.07, 6.45) is 2.63. The number of carboxylic acids is 1. The van der Waals surface area contributed by atoms with Crippen LogP contribution >= 0.6 is 11.3 Å². The van der Waals surface area contributed by atoms with Gasteiger partial charge in [0, 0.05) is 12.1 Å². The lowest BCUT2D eigenvalue weighted by atomic mass is 10.0. The topological polar surface area (TPSA) is 120 Å². The number of imide groups is 1. The number of aryl methyl sites for hydroxylation is 1. The number of carboxylic acid groups (broad SMARTS) is 1. The highest BCUT2D eigenvalue weighted by Gasteiger charge is 2.38. The quantitative estimate of drug-likeness (QED) is 0.416. The Bertz CT molecular complexity index is 1150. The number of urea groups is 1. The molecule has 1 aliphatic rings. The third-order valence-electron chi connectivity index (χ3n) is 5.52. The molecule has 1 saturated heterocycles. The molecular weight excluding hydrogens is 442 g/mol. The average molecular weight is 466 g/mol. The number of hydrogen-bond acceptors (Lipinski definition) is 6. The second-order valence-corrected chi connectivity index (χ2v) is 8.91. The number of anilines is 1. The molecule has 3 amide bonds. The maximum atomic E-state index is 12.4. The minimum absolute atomic E-state index is 0.176. The van der Waals surface area contributed by atoms with Crippen LogP contribution in [-0.2, 0) is 17.6 Å². The van der Waals surface area contributed by atoms with Gasteiger partial charge < -0.3 is 10.2 Å². The second kappa shape index (κ2) is 9.93. The average Bonchev–Trinajstić information content (AvgIpc) is 3.39. The predicted molar refractivity (Wildman–Crippen MR) is 123 cm³/mol. The SMILES string of the molecule is O=C(O)c1cnc(CCCC2C(=O)NC(=O)N2c2ccc(C(O)Cc3ccccc3)cc2)s1. The summed E-state index contributed by atoms with van der Waals surface area (Å²) in [5.41, 5.74) is 2.32. The van der Waals surface area contributed by atoms with Gasteiger partial charge in [-0.3, -0.25) is 15.0 Å². The lowest BCUT2D eigenvalue weighted by Crippen LogP contribution is -2.35. The van der Waals surface area contributed by atoms with E-state index >= 15 is 0 Å². The van der Waals surface area contributed by atoms with Crippen molar-refractivity contribution < 1.29 is 24.6 Å². The molecule has 1 aromatic heterocycles. The molecule has 0 aliphatic carbocycles. The number of aliphatic hydroxyl groups excluding tert-OH is 1. The van der Waals surface area contributed by atoms with Crippen LogP contribution < -0.4 is 10.2 Å². The summed E-state index contributed by atoms with van der Waals surface area (Å²) in [6, 6.07) is 15.5. The Kier molecular flexibility index (Phi) is 6.81. The van der Waals surface area contributed by atoms with Crippen LogP contribution in [0.1, 0.15) is 44.8 Å². The number of aromatic carboxylic acids is 1. The summed E-state index contributed by atoms with van der Waals surface area (Å²) < 4.78 is 0. The largest absolute Gasteiger partial charge is 0.477 e. The minimum atomic E-state index is -1.01. The first-order valence-electron chi connectivity index (χ1n) is 10.6. The number of carbonyl (C=O) groups is 3. The fraction of sp³-hybridized carbons (Fsp3) is 0.250. The van der Waals surface area contributed by atoms with Gasteiger partial charge in [0.2, 0.25) is 0 Å². The van der Waals surface area contributed by atoms with E-state index in [9.17, 15) is 19.5 Å². The number of amides is 3. The summed E-state index contributed by atoms with van der Waals surface area (Å²) in [4.78, 5) is 41.5. The number of thiazole rings is 1. The fourth-order valence-electron chi connectivity index (χ4n) is 3.85. The number of rotatable bonds is 9. The second-order valence-electron chi connectivity index (χ2n) is 7.79. The van der Waals surface area contributed by atoms with Crippen molar-refractivity contribution in [2.45, 2.75) is 37.8 Å². The number of hydrogen-bond donors (Lipinski definition) is 3. The molecule has 2 aromatic carbocycles. The third kappa shape index (κ3) is 5.27. The van der Waals surface area contributed by atoms with Gasteiger partial charge in [0.1, 0.15) is 10.9 Å². The smallest absolute Gasteiger partial charge is 0.347 e. The van der Waals surface area contributed by atoms with E-state index in [1.165, 1.54) is 11.1 Å². The Morgan fingerprint density at radius 3 is 2.52 bits per heavy atom. The van der Waals surface area contributed by atoms with E-state index < -0.39 is 24.1 Å². The van der Waals surface area contributed by atoms with E-state index in [0.29, 0.717) is 36.4 Å². The molecule has 3 aromatic rings. The van der Waals surface area contributed by atoms with Crippen molar-refractivity contribution >= 4 is 34.9 Å². The molecule has 2 unspecified atom stereocenters. The molecule has 3 N–H and O–H groups in total. The molecule has 2 atom stereocenters. The van der Waals surface area contributed by atoms with E-state index in [4.69, 9.17) is 5.11 Å². The van der Waals surface area contributed by atoms with Crippen molar-refractivity contribution in [1.82, 2.24) is 10.3 Å². The van der Waals surface area contributed by atoms with Gasteiger partial charge in [0.15, 0.2) is 0 Å². The molecule has 9 heteroatoms. The summed E-state index contributed by atoms with van der Waals surface area (Å²) >= 11 is 1.11. The third-order valence-corrected chi connectivity index (χ3v) is 6.57. The lowest BCUT2D eigenvalue weighted by Gasteiger charge is -2.22. The Balaban J connectivity index is 1.40. The Labute approximate surface area is 194 Å². The molecular formula is C24H23N3O5S. The van der Waals surface area contributed by atoms with Crippen molar-refractivity contribution in [1.29, 1.82) is 0 Å². The van der Waals surface area contributed by atoms with Gasteiger partial charge in [-0.2, -0.15) is 0 Å². The van der Waals surface area contributed by atoms with E-state index in [-0.39, 0.29) is 10.8 Å². The molecule has 1 aliphatic heterocycles. The molecule has 0 spiro atoms. The first-order valence-corrected chi connectivity index (χ1v) is 11.4. The summed E-state index contributed by atoms with van der Waals surface area (Å²) in [7, 11) is 0. The summed E-state index contributed by atoms with van der Waals surface area (Å²) in [6.45, 7) is 0. The van der Waals surface area contributed by atoms with Gasteiger partial charge in [-0.15, -0.1) is 11.3 Å². The van der Waals surface area contributed by atoms with Crippen LogP contribution in [0.2, 0.25) is 0 Å². The van der Waals surface area contributed by atoms with Crippen molar-refractivity contribution in [3.8, 4) is 0 Å². The van der Waals surface area contributed by atoms with Crippen LogP contribution in [0.4, 0.5) is 10.5 Å². The molecule has 1 fully saturated rings. The van der Waals surface area contributed by atoms with Crippen molar-refractivity contribution in [2.75, 3.05) is 4.90 Å². The standard InChI is InChI=1S/C24H23N3O5S/c28-19(13-15-5-2-1-3-6-15)16-9-11-17(12-10-16)27-18(22(29)26-24(27)32)7-4-8-21-25-14-20(33-21)23(30)31/h1-3,5-6,9-12,14,18-19,28H,4,7-8,13H2,(H,30,31)(H,26,29,32). The number of carbonyl (C=O) groups excluding carboxylic acids is 2. The van der Waals surface area contributed by atoms with Gasteiger partial charge in [-0.05, 0) is 42.5 Å². The highest BCUT2D eigenvalue weighted by atomic mass is 32.1. The van der Waals surface area contributed by atoms with Gasteiger partial charge >= 0.3 is 12.0 Å². The zero-order chi connectivity index (χ0) is 23.4. The van der Waals surface area contributed by atoms with E-state index in [1.54, 1.807) is 24.3 Å². The van der Waals surface area contributed by atoms with Crippen molar-refractivity contribution in [3.63, 3.8) is 0 Å². The van der Waals surface area contributed by atoms with E-state index in [2.05, 4.69) is 10.3 Å².